The number of para-hydroxylation sites is 2. The van der Waals surface area contributed by atoms with Crippen LogP contribution in [-0.4, -0.2) is 41.3 Å². The lowest BCUT2D eigenvalue weighted by atomic mass is 10.2. The third-order valence-electron chi connectivity index (χ3n) is 4.71. The fourth-order valence-electron chi connectivity index (χ4n) is 3.21. The number of amides is 1. The molecule has 0 unspecified atom stereocenters. The molecule has 2 aromatic carbocycles. The highest BCUT2D eigenvalue weighted by Crippen LogP contribution is 2.27. The molecule has 0 spiro atoms. The van der Waals surface area contributed by atoms with E-state index >= 15 is 0 Å². The summed E-state index contributed by atoms with van der Waals surface area (Å²) in [5.74, 6) is -0.0514. The molecule has 0 aliphatic carbocycles. The smallest absolute Gasteiger partial charge is 0.258 e. The zero-order valence-corrected chi connectivity index (χ0v) is 18.1. The number of sulfonamides is 1. The average Bonchev–Trinajstić information content (AvgIpc) is 3.05. The predicted molar refractivity (Wildman–Crippen MR) is 115 cm³/mol. The van der Waals surface area contributed by atoms with Crippen LogP contribution < -0.4 is 5.32 Å². The second kappa shape index (κ2) is 8.52. The maximum atomic E-state index is 12.9. The van der Waals surface area contributed by atoms with Crippen molar-refractivity contribution in [1.82, 2.24) is 13.9 Å². The minimum Gasteiger partial charge on any atom is -0.310 e. The number of nitrogens with zero attached hydrogens (tertiary/aromatic N) is 3. The Morgan fingerprint density at radius 3 is 2.48 bits per heavy atom. The molecule has 1 heterocycles. The summed E-state index contributed by atoms with van der Waals surface area (Å²) in [5.41, 5.74) is 1.87. The van der Waals surface area contributed by atoms with Gasteiger partial charge in [-0.05, 0) is 37.3 Å². The van der Waals surface area contributed by atoms with E-state index in [1.807, 2.05) is 35.8 Å². The summed E-state index contributed by atoms with van der Waals surface area (Å²) in [5, 5.41) is 2.86. The van der Waals surface area contributed by atoms with E-state index in [4.69, 9.17) is 11.6 Å². The van der Waals surface area contributed by atoms with Crippen molar-refractivity contribution in [3.05, 3.63) is 53.1 Å². The average molecular weight is 435 g/mol. The number of carbonyl (C=O) groups excluding carboxylic acids is 1. The first-order chi connectivity index (χ1) is 13.8. The van der Waals surface area contributed by atoms with Crippen molar-refractivity contribution in [2.45, 2.75) is 32.2 Å². The minimum absolute atomic E-state index is 0.0780. The quantitative estimate of drug-likeness (QED) is 0.609. The summed E-state index contributed by atoms with van der Waals surface area (Å²) < 4.78 is 28.9. The first kappa shape index (κ1) is 21.3. The monoisotopic (exact) mass is 434 g/mol. The molecule has 7 nitrogen and oxygen atoms in total. The van der Waals surface area contributed by atoms with Crippen LogP contribution in [0.5, 0.6) is 0 Å². The molecule has 9 heteroatoms. The lowest BCUT2D eigenvalue weighted by Crippen LogP contribution is -2.31. The Morgan fingerprint density at radius 2 is 1.83 bits per heavy atom. The summed E-state index contributed by atoms with van der Waals surface area (Å²) in [6.07, 6.45) is 0. The molecule has 1 aromatic heterocycles. The lowest BCUT2D eigenvalue weighted by molar-refractivity contribution is 0.102. The Hall–Kier alpha value is -2.42. The first-order valence-electron chi connectivity index (χ1n) is 9.39. The van der Waals surface area contributed by atoms with Crippen molar-refractivity contribution in [3.63, 3.8) is 0 Å². The highest BCUT2D eigenvalue weighted by molar-refractivity contribution is 7.89. The largest absolute Gasteiger partial charge is 0.310 e. The van der Waals surface area contributed by atoms with Gasteiger partial charge in [0.2, 0.25) is 16.0 Å². The van der Waals surface area contributed by atoms with Gasteiger partial charge in [0.05, 0.1) is 16.1 Å². The van der Waals surface area contributed by atoms with Gasteiger partial charge >= 0.3 is 0 Å². The van der Waals surface area contributed by atoms with Crippen LogP contribution >= 0.6 is 11.6 Å². The third kappa shape index (κ3) is 4.01. The van der Waals surface area contributed by atoms with E-state index in [1.54, 1.807) is 13.8 Å². The van der Waals surface area contributed by atoms with Crippen molar-refractivity contribution in [2.75, 3.05) is 18.4 Å². The van der Waals surface area contributed by atoms with Gasteiger partial charge in [0.15, 0.2) is 0 Å². The van der Waals surface area contributed by atoms with Crippen LogP contribution in [0.25, 0.3) is 11.0 Å². The first-order valence-corrected chi connectivity index (χ1v) is 11.2. The number of rotatable bonds is 7. The summed E-state index contributed by atoms with van der Waals surface area (Å²) >= 11 is 6.15. The van der Waals surface area contributed by atoms with Gasteiger partial charge in [0.1, 0.15) is 4.90 Å². The highest BCUT2D eigenvalue weighted by Gasteiger charge is 2.26. The maximum absolute atomic E-state index is 12.9. The molecule has 0 saturated heterocycles. The van der Waals surface area contributed by atoms with E-state index in [1.165, 1.54) is 22.5 Å². The zero-order chi connectivity index (χ0) is 21.2. The number of aromatic nitrogens is 2. The Bertz CT molecular complexity index is 1150. The highest BCUT2D eigenvalue weighted by atomic mass is 35.5. The molecule has 29 heavy (non-hydrogen) atoms. The maximum Gasteiger partial charge on any atom is 0.258 e. The van der Waals surface area contributed by atoms with E-state index in [0.29, 0.717) is 25.6 Å². The molecule has 0 atom stereocenters. The van der Waals surface area contributed by atoms with Crippen LogP contribution in [0.3, 0.4) is 0 Å². The second-order valence-electron chi connectivity index (χ2n) is 6.36. The molecule has 0 aliphatic rings. The topological polar surface area (TPSA) is 84.3 Å². The second-order valence-corrected chi connectivity index (χ2v) is 8.67. The summed E-state index contributed by atoms with van der Waals surface area (Å²) in [6, 6.07) is 11.8. The summed E-state index contributed by atoms with van der Waals surface area (Å²) in [4.78, 5) is 17.2. The van der Waals surface area contributed by atoms with Crippen LogP contribution in [0.4, 0.5) is 5.95 Å². The van der Waals surface area contributed by atoms with Crippen LogP contribution in [0, 0.1) is 0 Å². The Labute approximate surface area is 175 Å². The lowest BCUT2D eigenvalue weighted by Gasteiger charge is -2.19. The van der Waals surface area contributed by atoms with Gasteiger partial charge in [-0.2, -0.15) is 4.31 Å². The predicted octanol–water partition coefficient (Wildman–Crippen LogP) is 3.99. The molecular formula is C20H23ClN4O3S. The Balaban J connectivity index is 1.97. The number of hydrogen-bond donors (Lipinski definition) is 1. The van der Waals surface area contributed by atoms with Crippen molar-refractivity contribution in [2.24, 2.45) is 0 Å². The van der Waals surface area contributed by atoms with Crippen LogP contribution in [0.1, 0.15) is 31.1 Å². The fraction of sp³-hybridized carbons (Fsp3) is 0.300. The number of anilines is 1. The molecule has 1 N–H and O–H groups in total. The Kier molecular flexibility index (Phi) is 6.26. The molecule has 0 bridgehead atoms. The van der Waals surface area contributed by atoms with E-state index in [-0.39, 0.29) is 15.5 Å². The number of hydrogen-bond acceptors (Lipinski definition) is 4. The molecule has 0 saturated carbocycles. The van der Waals surface area contributed by atoms with E-state index in [9.17, 15) is 13.2 Å². The number of aryl methyl sites for hydroxylation is 1. The number of fused-ring (bicyclic) bond motifs is 1. The molecule has 154 valence electrons. The van der Waals surface area contributed by atoms with Crippen LogP contribution in [-0.2, 0) is 16.6 Å². The number of carbonyl (C=O) groups is 1. The summed E-state index contributed by atoms with van der Waals surface area (Å²) in [6.45, 7) is 6.71. The van der Waals surface area contributed by atoms with E-state index < -0.39 is 15.9 Å². The van der Waals surface area contributed by atoms with Crippen molar-refractivity contribution in [1.29, 1.82) is 0 Å². The van der Waals surface area contributed by atoms with Crippen LogP contribution in [0.2, 0.25) is 5.02 Å². The van der Waals surface area contributed by atoms with Gasteiger partial charge in [0.25, 0.3) is 5.91 Å². The van der Waals surface area contributed by atoms with Crippen molar-refractivity contribution < 1.29 is 13.2 Å². The third-order valence-corrected chi connectivity index (χ3v) is 7.24. The zero-order valence-electron chi connectivity index (χ0n) is 16.5. The van der Waals surface area contributed by atoms with Gasteiger partial charge in [-0.3, -0.25) is 10.1 Å². The van der Waals surface area contributed by atoms with Crippen LogP contribution in [0.15, 0.2) is 47.4 Å². The molecule has 3 aromatic rings. The molecule has 0 fully saturated rings. The SMILES string of the molecule is CCN(CC)S(=O)(=O)c1cc(C(=O)Nc2nc3ccccc3n2CC)ccc1Cl. The van der Waals surface area contributed by atoms with Crippen molar-refractivity contribution in [3.8, 4) is 0 Å². The molecular weight excluding hydrogens is 412 g/mol. The molecule has 3 rings (SSSR count). The molecule has 1 amide bonds. The van der Waals surface area contributed by atoms with E-state index in [2.05, 4.69) is 10.3 Å². The number of halogens is 1. The van der Waals surface area contributed by atoms with Gasteiger partial charge in [-0.15, -0.1) is 0 Å². The Morgan fingerprint density at radius 1 is 1.14 bits per heavy atom. The number of benzene rings is 2. The van der Waals surface area contributed by atoms with Gasteiger partial charge < -0.3 is 4.57 Å². The number of nitrogens with one attached hydrogen (secondary N) is 1. The van der Waals surface area contributed by atoms with Gasteiger partial charge in [-0.25, -0.2) is 13.4 Å². The molecule has 0 radical (unpaired) electrons. The molecule has 0 aliphatic heterocycles. The number of imidazole rings is 1. The fourth-order valence-corrected chi connectivity index (χ4v) is 5.17. The normalized spacial score (nSPS) is 11.9. The van der Waals surface area contributed by atoms with Gasteiger partial charge in [0, 0.05) is 25.2 Å². The van der Waals surface area contributed by atoms with Gasteiger partial charge in [-0.1, -0.05) is 37.6 Å². The van der Waals surface area contributed by atoms with Crippen molar-refractivity contribution >= 4 is 44.5 Å². The minimum atomic E-state index is -3.79. The summed E-state index contributed by atoms with van der Waals surface area (Å²) in [7, 11) is -3.79. The standard InChI is InChI=1S/C20H23ClN4O3S/c1-4-24(5-2)29(27,28)18-13-14(11-12-15(18)21)19(26)23-20-22-16-9-7-8-10-17(16)25(20)6-3/h7-13H,4-6H2,1-3H3,(H,22,23,26). The van der Waals surface area contributed by atoms with E-state index in [0.717, 1.165) is 11.0 Å².